The molecule has 82 valence electrons. The van der Waals surface area contributed by atoms with Crippen molar-refractivity contribution in [1.82, 2.24) is 0 Å². The fraction of sp³-hybridized carbons (Fsp3) is 0.538. The SMILES string of the molecule is COC1(OC)CCc2ccccc2C1C. The van der Waals surface area contributed by atoms with Gasteiger partial charge in [-0.25, -0.2) is 0 Å². The van der Waals surface area contributed by atoms with Crippen LogP contribution in [0.5, 0.6) is 0 Å². The normalized spacial score (nSPS) is 23.5. The minimum absolute atomic E-state index is 0.289. The predicted molar refractivity (Wildman–Crippen MR) is 59.9 cm³/mol. The summed E-state index contributed by atoms with van der Waals surface area (Å²) >= 11 is 0. The van der Waals surface area contributed by atoms with Crippen LogP contribution in [0.25, 0.3) is 0 Å². The Kier molecular flexibility index (Phi) is 2.81. The van der Waals surface area contributed by atoms with E-state index in [4.69, 9.17) is 9.47 Å². The van der Waals surface area contributed by atoms with Crippen LogP contribution in [0, 0.1) is 0 Å². The van der Waals surface area contributed by atoms with E-state index in [1.165, 1.54) is 11.1 Å². The summed E-state index contributed by atoms with van der Waals surface area (Å²) in [7, 11) is 3.46. The lowest BCUT2D eigenvalue weighted by molar-refractivity contribution is -0.226. The lowest BCUT2D eigenvalue weighted by Gasteiger charge is -2.41. The molecule has 15 heavy (non-hydrogen) atoms. The zero-order chi connectivity index (χ0) is 10.9. The summed E-state index contributed by atoms with van der Waals surface area (Å²) in [6.45, 7) is 2.17. The van der Waals surface area contributed by atoms with Crippen LogP contribution in [-0.4, -0.2) is 20.0 Å². The van der Waals surface area contributed by atoms with Crippen molar-refractivity contribution in [2.75, 3.05) is 14.2 Å². The van der Waals surface area contributed by atoms with Crippen molar-refractivity contribution in [3.8, 4) is 0 Å². The number of fused-ring (bicyclic) bond motifs is 1. The average molecular weight is 206 g/mol. The Morgan fingerprint density at radius 3 is 2.53 bits per heavy atom. The largest absolute Gasteiger partial charge is 0.353 e. The summed E-state index contributed by atoms with van der Waals surface area (Å²) < 4.78 is 11.1. The van der Waals surface area contributed by atoms with E-state index in [-0.39, 0.29) is 5.92 Å². The number of hydrogen-bond donors (Lipinski definition) is 0. The topological polar surface area (TPSA) is 18.5 Å². The van der Waals surface area contributed by atoms with E-state index in [0.29, 0.717) is 0 Å². The molecule has 1 aromatic rings. The van der Waals surface area contributed by atoms with Crippen molar-refractivity contribution < 1.29 is 9.47 Å². The molecule has 1 unspecified atom stereocenters. The molecule has 1 aliphatic rings. The molecule has 0 saturated heterocycles. The number of ether oxygens (including phenoxy) is 2. The molecule has 1 atom stereocenters. The third-order valence-corrected chi connectivity index (χ3v) is 3.62. The first-order chi connectivity index (χ1) is 7.23. The first-order valence-electron chi connectivity index (χ1n) is 5.41. The van der Waals surface area contributed by atoms with Crippen molar-refractivity contribution in [3.05, 3.63) is 35.4 Å². The van der Waals surface area contributed by atoms with Gasteiger partial charge in [0.05, 0.1) is 0 Å². The standard InChI is InChI=1S/C13H18O2/c1-10-12-7-5-4-6-11(12)8-9-13(10,14-2)15-3/h4-7,10H,8-9H2,1-3H3. The maximum absolute atomic E-state index is 5.57. The lowest BCUT2D eigenvalue weighted by atomic mass is 9.79. The van der Waals surface area contributed by atoms with E-state index < -0.39 is 5.79 Å². The molecule has 0 fully saturated rings. The van der Waals surface area contributed by atoms with Gasteiger partial charge in [0.1, 0.15) is 0 Å². The van der Waals surface area contributed by atoms with E-state index in [9.17, 15) is 0 Å². The second-order valence-corrected chi connectivity index (χ2v) is 4.14. The summed E-state index contributed by atoms with van der Waals surface area (Å²) in [5.41, 5.74) is 2.78. The Balaban J connectivity index is 2.40. The second-order valence-electron chi connectivity index (χ2n) is 4.14. The molecule has 0 aromatic heterocycles. The van der Waals surface area contributed by atoms with Crippen LogP contribution in [0.4, 0.5) is 0 Å². The molecule has 0 heterocycles. The monoisotopic (exact) mass is 206 g/mol. The van der Waals surface area contributed by atoms with Crippen molar-refractivity contribution in [2.24, 2.45) is 0 Å². The van der Waals surface area contributed by atoms with Gasteiger partial charge in [0.25, 0.3) is 0 Å². The fourth-order valence-electron chi connectivity index (χ4n) is 2.59. The number of methoxy groups -OCH3 is 2. The fourth-order valence-corrected chi connectivity index (χ4v) is 2.59. The highest BCUT2D eigenvalue weighted by Crippen LogP contribution is 2.41. The van der Waals surface area contributed by atoms with E-state index in [2.05, 4.69) is 31.2 Å². The Hall–Kier alpha value is -0.860. The first-order valence-corrected chi connectivity index (χ1v) is 5.41. The predicted octanol–water partition coefficient (Wildman–Crippen LogP) is 2.73. The Bertz CT molecular complexity index is 342. The van der Waals surface area contributed by atoms with Gasteiger partial charge >= 0.3 is 0 Å². The van der Waals surface area contributed by atoms with Gasteiger partial charge in [-0.05, 0) is 17.5 Å². The van der Waals surface area contributed by atoms with E-state index in [1.54, 1.807) is 14.2 Å². The van der Waals surface area contributed by atoms with Crippen molar-refractivity contribution in [2.45, 2.75) is 31.5 Å². The zero-order valence-electron chi connectivity index (χ0n) is 9.62. The van der Waals surface area contributed by atoms with E-state index >= 15 is 0 Å². The van der Waals surface area contributed by atoms with Gasteiger partial charge in [-0.3, -0.25) is 0 Å². The first kappa shape index (κ1) is 10.7. The quantitative estimate of drug-likeness (QED) is 0.693. The maximum Gasteiger partial charge on any atom is 0.174 e. The van der Waals surface area contributed by atoms with Crippen LogP contribution in [0.1, 0.15) is 30.4 Å². The highest BCUT2D eigenvalue weighted by Gasteiger charge is 2.41. The van der Waals surface area contributed by atoms with E-state index in [1.807, 2.05) is 0 Å². The van der Waals surface area contributed by atoms with Crippen LogP contribution in [0.15, 0.2) is 24.3 Å². The number of benzene rings is 1. The molecule has 2 heteroatoms. The summed E-state index contributed by atoms with van der Waals surface area (Å²) in [6.07, 6.45) is 1.96. The smallest absolute Gasteiger partial charge is 0.174 e. The maximum atomic E-state index is 5.57. The summed E-state index contributed by atoms with van der Waals surface area (Å²) in [6, 6.07) is 8.54. The molecular formula is C13H18O2. The van der Waals surface area contributed by atoms with Gasteiger partial charge in [-0.1, -0.05) is 31.2 Å². The molecule has 0 spiro atoms. The summed E-state index contributed by atoms with van der Waals surface area (Å²) in [5.74, 6) is -0.147. The van der Waals surface area contributed by atoms with Crippen LogP contribution >= 0.6 is 0 Å². The molecular weight excluding hydrogens is 188 g/mol. The van der Waals surface area contributed by atoms with Crippen LogP contribution in [0.3, 0.4) is 0 Å². The molecule has 1 aromatic carbocycles. The highest BCUT2D eigenvalue weighted by atomic mass is 16.7. The van der Waals surface area contributed by atoms with Crippen molar-refractivity contribution >= 4 is 0 Å². The zero-order valence-corrected chi connectivity index (χ0v) is 9.62. The molecule has 0 aliphatic heterocycles. The van der Waals surface area contributed by atoms with Gasteiger partial charge in [0.2, 0.25) is 0 Å². The molecule has 2 nitrogen and oxygen atoms in total. The van der Waals surface area contributed by atoms with Gasteiger partial charge in [-0.15, -0.1) is 0 Å². The Morgan fingerprint density at radius 2 is 1.87 bits per heavy atom. The van der Waals surface area contributed by atoms with Crippen LogP contribution in [0.2, 0.25) is 0 Å². The van der Waals surface area contributed by atoms with E-state index in [0.717, 1.165) is 12.8 Å². The van der Waals surface area contributed by atoms with Crippen molar-refractivity contribution in [1.29, 1.82) is 0 Å². The van der Waals surface area contributed by atoms with Crippen LogP contribution in [-0.2, 0) is 15.9 Å². The highest BCUT2D eigenvalue weighted by molar-refractivity contribution is 5.34. The number of rotatable bonds is 2. The molecule has 0 N–H and O–H groups in total. The van der Waals surface area contributed by atoms with Gasteiger partial charge < -0.3 is 9.47 Å². The van der Waals surface area contributed by atoms with Crippen molar-refractivity contribution in [3.63, 3.8) is 0 Å². The van der Waals surface area contributed by atoms with Gasteiger partial charge in [0.15, 0.2) is 5.79 Å². The van der Waals surface area contributed by atoms with Crippen LogP contribution < -0.4 is 0 Å². The summed E-state index contributed by atoms with van der Waals surface area (Å²) in [4.78, 5) is 0. The molecule has 0 bridgehead atoms. The Morgan fingerprint density at radius 1 is 1.20 bits per heavy atom. The second kappa shape index (κ2) is 3.95. The number of aryl methyl sites for hydroxylation is 1. The molecule has 0 amide bonds. The number of hydrogen-bond acceptors (Lipinski definition) is 2. The van der Waals surface area contributed by atoms with Gasteiger partial charge in [0, 0.05) is 26.6 Å². The average Bonchev–Trinajstić information content (AvgIpc) is 2.31. The Labute approximate surface area is 91.2 Å². The molecule has 1 aliphatic carbocycles. The van der Waals surface area contributed by atoms with Gasteiger partial charge in [-0.2, -0.15) is 0 Å². The molecule has 2 rings (SSSR count). The minimum atomic E-state index is -0.436. The third-order valence-electron chi connectivity index (χ3n) is 3.62. The summed E-state index contributed by atoms with van der Waals surface area (Å²) in [5, 5.41) is 0. The molecule has 0 saturated carbocycles. The third kappa shape index (κ3) is 1.58. The minimum Gasteiger partial charge on any atom is -0.353 e. The molecule has 0 radical (unpaired) electrons. The lowest BCUT2D eigenvalue weighted by Crippen LogP contribution is -2.42.